The Hall–Kier alpha value is -2.38. The highest BCUT2D eigenvalue weighted by molar-refractivity contribution is 6.59. The van der Waals surface area contributed by atoms with Crippen LogP contribution in [0.1, 0.15) is 22.3 Å². The zero-order valence-electron chi connectivity index (χ0n) is 15.6. The van der Waals surface area contributed by atoms with Gasteiger partial charge in [0.25, 0.3) is 0 Å². The molecule has 2 rings (SSSR count). The topological polar surface area (TPSA) is 119 Å². The van der Waals surface area contributed by atoms with E-state index in [1.54, 1.807) is 30.3 Å². The van der Waals surface area contributed by atoms with E-state index in [1.165, 1.54) is 26.4 Å². The van der Waals surface area contributed by atoms with Crippen LogP contribution in [0.2, 0.25) is 6.04 Å². The van der Waals surface area contributed by atoms with Crippen molar-refractivity contribution in [1.29, 1.82) is 0 Å². The van der Waals surface area contributed by atoms with Gasteiger partial charge in [0.15, 0.2) is 5.78 Å². The zero-order valence-corrected chi connectivity index (χ0v) is 17.6. The standard InChI is InChI=1S/C18H22O6Si.O2Si/c1-22-25(21,23-2)12-6-11-24-15-9-10-16(17(19)13-15)18(20)14-7-4-3-5-8-14;1-3-2/h3-5,7-10,13,19,21H,6,11-12H2,1-2H3;. The van der Waals surface area contributed by atoms with Gasteiger partial charge in [-0.1, -0.05) is 30.3 Å². The molecular weight excluding hydrogens is 400 g/mol. The lowest BCUT2D eigenvalue weighted by atomic mass is 10.0. The van der Waals surface area contributed by atoms with Gasteiger partial charge in [0.1, 0.15) is 11.5 Å². The van der Waals surface area contributed by atoms with E-state index in [9.17, 15) is 14.7 Å². The van der Waals surface area contributed by atoms with Crippen molar-refractivity contribution in [3.05, 3.63) is 59.7 Å². The minimum atomic E-state index is -3.08. The summed E-state index contributed by atoms with van der Waals surface area (Å²) in [5.41, 5.74) is 0.731. The van der Waals surface area contributed by atoms with Gasteiger partial charge in [-0.15, -0.1) is 0 Å². The summed E-state index contributed by atoms with van der Waals surface area (Å²) in [6.07, 6.45) is 0.538. The summed E-state index contributed by atoms with van der Waals surface area (Å²) < 4.78 is 32.3. The van der Waals surface area contributed by atoms with Crippen LogP contribution in [-0.2, 0) is 17.8 Å². The summed E-state index contributed by atoms with van der Waals surface area (Å²) in [4.78, 5) is 22.3. The third-order valence-electron chi connectivity index (χ3n) is 3.79. The largest absolute Gasteiger partial charge is 0.549 e. The highest BCUT2D eigenvalue weighted by atomic mass is 28.4. The molecule has 0 saturated heterocycles. The molecule has 150 valence electrons. The number of phenolic OH excluding ortho intramolecular Hbond substituents is 1. The normalized spacial score (nSPS) is 10.4. The van der Waals surface area contributed by atoms with Crippen LogP contribution in [0.15, 0.2) is 48.5 Å². The predicted molar refractivity (Wildman–Crippen MR) is 102 cm³/mol. The number of aromatic hydroxyl groups is 1. The molecule has 0 aliphatic carbocycles. The molecule has 0 aromatic heterocycles. The zero-order chi connectivity index (χ0) is 21.0. The number of hydrogen-bond acceptors (Lipinski definition) is 8. The quantitative estimate of drug-likeness (QED) is 0.358. The molecule has 0 spiro atoms. The van der Waals surface area contributed by atoms with Gasteiger partial charge < -0.3 is 23.5 Å². The van der Waals surface area contributed by atoms with Crippen molar-refractivity contribution in [3.8, 4) is 11.5 Å². The summed E-state index contributed by atoms with van der Waals surface area (Å²) in [5.74, 6) is 0.0640. The molecule has 0 aliphatic heterocycles. The van der Waals surface area contributed by atoms with Crippen LogP contribution in [0.3, 0.4) is 0 Å². The molecule has 0 fully saturated rings. The van der Waals surface area contributed by atoms with E-state index in [2.05, 4.69) is 0 Å². The van der Waals surface area contributed by atoms with Crippen molar-refractivity contribution in [2.75, 3.05) is 20.8 Å². The van der Waals surface area contributed by atoms with Gasteiger partial charge >= 0.3 is 18.1 Å². The first kappa shape index (κ1) is 23.7. The maximum absolute atomic E-state index is 12.4. The van der Waals surface area contributed by atoms with E-state index in [-0.39, 0.29) is 17.1 Å². The monoisotopic (exact) mass is 422 g/mol. The Kier molecular flexibility index (Phi) is 10.3. The smallest absolute Gasteiger partial charge is 0.507 e. The van der Waals surface area contributed by atoms with Gasteiger partial charge in [0, 0.05) is 31.9 Å². The van der Waals surface area contributed by atoms with Gasteiger partial charge in [0.2, 0.25) is 0 Å². The Morgan fingerprint density at radius 1 is 1.07 bits per heavy atom. The van der Waals surface area contributed by atoms with E-state index in [4.69, 9.17) is 22.5 Å². The molecule has 0 saturated carbocycles. The average Bonchev–Trinajstić information content (AvgIpc) is 2.72. The van der Waals surface area contributed by atoms with Crippen molar-refractivity contribution in [3.63, 3.8) is 0 Å². The molecule has 0 amide bonds. The molecule has 8 nitrogen and oxygen atoms in total. The second-order valence-corrected chi connectivity index (χ2v) is 8.44. The molecule has 0 heterocycles. The maximum atomic E-state index is 12.4. The van der Waals surface area contributed by atoms with Gasteiger partial charge in [0.05, 0.1) is 12.2 Å². The van der Waals surface area contributed by atoms with Crippen LogP contribution in [0.25, 0.3) is 0 Å². The Labute approximate surface area is 166 Å². The first-order valence-electron chi connectivity index (χ1n) is 8.28. The third-order valence-corrected chi connectivity index (χ3v) is 6.05. The van der Waals surface area contributed by atoms with Crippen molar-refractivity contribution < 1.29 is 37.2 Å². The van der Waals surface area contributed by atoms with Gasteiger partial charge in [-0.2, -0.15) is 0 Å². The predicted octanol–water partition coefficient (Wildman–Crippen LogP) is 2.00. The molecule has 0 atom stereocenters. The number of hydrogen-bond donors (Lipinski definition) is 2. The lowest BCUT2D eigenvalue weighted by Crippen LogP contribution is -2.40. The van der Waals surface area contributed by atoms with Gasteiger partial charge in [-0.3, -0.25) is 13.7 Å². The lowest BCUT2D eigenvalue weighted by molar-refractivity contribution is 0.103. The molecule has 10 heteroatoms. The molecular formula is C18H22O8Si2. The number of rotatable bonds is 9. The summed E-state index contributed by atoms with van der Waals surface area (Å²) >= 11 is 0. The van der Waals surface area contributed by atoms with E-state index < -0.39 is 18.1 Å². The Morgan fingerprint density at radius 3 is 2.21 bits per heavy atom. The van der Waals surface area contributed by atoms with E-state index in [1.807, 2.05) is 6.07 Å². The van der Waals surface area contributed by atoms with Crippen molar-refractivity contribution >= 4 is 23.9 Å². The third kappa shape index (κ3) is 7.33. The molecule has 0 radical (unpaired) electrons. The Balaban J connectivity index is 0.00000122. The van der Waals surface area contributed by atoms with Crippen molar-refractivity contribution in [2.24, 2.45) is 0 Å². The number of ketones is 1. The summed E-state index contributed by atoms with van der Waals surface area (Å²) in [7, 11) is -1.67. The molecule has 2 aromatic rings. The van der Waals surface area contributed by atoms with Crippen LogP contribution < -0.4 is 4.74 Å². The number of carbonyl (C=O) groups excluding carboxylic acids is 1. The lowest BCUT2D eigenvalue weighted by Gasteiger charge is -2.19. The summed E-state index contributed by atoms with van der Waals surface area (Å²) in [5, 5.41) is 10.1. The maximum Gasteiger partial charge on any atom is 0.549 e. The fourth-order valence-electron chi connectivity index (χ4n) is 2.31. The Morgan fingerprint density at radius 2 is 1.68 bits per heavy atom. The highest BCUT2D eigenvalue weighted by Crippen LogP contribution is 2.26. The molecule has 0 aliphatic rings. The van der Waals surface area contributed by atoms with Crippen LogP contribution >= 0.6 is 0 Å². The number of carbonyl (C=O) groups is 1. The van der Waals surface area contributed by atoms with Crippen LogP contribution in [-0.4, -0.2) is 54.6 Å². The SMILES string of the molecule is CO[Si](O)(CCCOc1ccc(C(=O)c2ccccc2)c(O)c1)OC.O=[Si]=O. The number of benzene rings is 2. The minimum absolute atomic E-state index is 0.133. The number of phenols is 1. The van der Waals surface area contributed by atoms with E-state index >= 15 is 0 Å². The first-order valence-corrected chi connectivity index (χ1v) is 11.1. The highest BCUT2D eigenvalue weighted by Gasteiger charge is 2.33. The molecule has 2 N–H and O–H groups in total. The van der Waals surface area contributed by atoms with Gasteiger partial charge in [-0.25, -0.2) is 0 Å². The fraction of sp³-hybridized carbons (Fsp3) is 0.278. The second-order valence-electron chi connectivity index (χ2n) is 5.53. The molecule has 2 aromatic carbocycles. The first-order chi connectivity index (χ1) is 13.4. The molecule has 28 heavy (non-hydrogen) atoms. The van der Waals surface area contributed by atoms with Crippen molar-refractivity contribution in [1.82, 2.24) is 0 Å². The second kappa shape index (κ2) is 12.2. The van der Waals surface area contributed by atoms with Crippen LogP contribution in [0, 0.1) is 0 Å². The van der Waals surface area contributed by atoms with Gasteiger partial charge in [-0.05, 0) is 18.6 Å². The van der Waals surface area contributed by atoms with E-state index in [0.29, 0.717) is 30.4 Å². The summed E-state index contributed by atoms with van der Waals surface area (Å²) in [6, 6.07) is 13.7. The average molecular weight is 423 g/mol. The van der Waals surface area contributed by atoms with Crippen molar-refractivity contribution in [2.45, 2.75) is 12.5 Å². The van der Waals surface area contributed by atoms with E-state index in [0.717, 1.165) is 0 Å². The number of ether oxygens (including phenoxy) is 1. The fourth-order valence-corrected chi connectivity index (χ4v) is 3.48. The molecule has 0 unspecified atom stereocenters. The van der Waals surface area contributed by atoms with Crippen LogP contribution in [0.4, 0.5) is 0 Å². The Bertz CT molecular complexity index is 787. The van der Waals surface area contributed by atoms with Crippen LogP contribution in [0.5, 0.6) is 11.5 Å². The minimum Gasteiger partial charge on any atom is -0.507 e. The summed E-state index contributed by atoms with van der Waals surface area (Å²) in [6.45, 7) is 0.327. The molecule has 0 bridgehead atoms.